The Morgan fingerprint density at radius 2 is 2.12 bits per heavy atom. The van der Waals surface area contributed by atoms with Crippen LogP contribution in [0.1, 0.15) is 42.5 Å². The van der Waals surface area contributed by atoms with Crippen molar-refractivity contribution in [2.75, 3.05) is 24.3 Å². The van der Waals surface area contributed by atoms with Crippen molar-refractivity contribution < 1.29 is 18.7 Å². The van der Waals surface area contributed by atoms with E-state index in [-0.39, 0.29) is 17.6 Å². The number of carbonyl (C=O) groups is 1. The number of hydrogen-bond acceptors (Lipinski definition) is 7. The first-order chi connectivity index (χ1) is 15.5. The number of ether oxygens (including phenoxy) is 2. The Kier molecular flexibility index (Phi) is 4.17. The summed E-state index contributed by atoms with van der Waals surface area (Å²) in [6, 6.07) is 4.62. The highest BCUT2D eigenvalue weighted by Gasteiger charge is 2.49. The van der Waals surface area contributed by atoms with Gasteiger partial charge in [0.2, 0.25) is 0 Å². The normalized spacial score (nSPS) is 18.3. The Hall–Kier alpha value is -3.56. The van der Waals surface area contributed by atoms with Gasteiger partial charge in [0, 0.05) is 31.3 Å². The van der Waals surface area contributed by atoms with Gasteiger partial charge < -0.3 is 25.4 Å². The second-order valence-corrected chi connectivity index (χ2v) is 8.65. The maximum absolute atomic E-state index is 14.3. The fraction of sp³-hybridized carbons (Fsp3) is 0.409. The second-order valence-electron chi connectivity index (χ2n) is 8.65. The summed E-state index contributed by atoms with van der Waals surface area (Å²) >= 11 is 0. The standard InChI is InChI=1S/C22H23FN6O3/c1-24-18-9-17(28-20-14(10-25-29(18)20)21(30)26-13-3-2-4-13)27-15-7-12(23)8-16-19(15)31-11-22(32-16)5-6-22/h7-10,13,24H,2-6,11H2,1H3,(H,26,30)(H,27,28). The molecule has 3 heterocycles. The van der Waals surface area contributed by atoms with Gasteiger partial charge in [0.15, 0.2) is 17.1 Å². The summed E-state index contributed by atoms with van der Waals surface area (Å²) in [5.74, 6) is 1.24. The average Bonchev–Trinajstić information content (AvgIpc) is 3.34. The molecule has 3 N–H and O–H groups in total. The molecule has 1 amide bonds. The number of aromatic nitrogens is 3. The molecule has 1 aromatic carbocycles. The van der Waals surface area contributed by atoms with Crippen LogP contribution in [0.15, 0.2) is 24.4 Å². The van der Waals surface area contributed by atoms with Crippen molar-refractivity contribution in [2.24, 2.45) is 0 Å². The Labute approximate surface area is 183 Å². The van der Waals surface area contributed by atoms with Gasteiger partial charge in [0.1, 0.15) is 35.2 Å². The number of nitrogens with one attached hydrogen (secondary N) is 3. The van der Waals surface area contributed by atoms with Crippen LogP contribution in [-0.4, -0.2) is 45.8 Å². The van der Waals surface area contributed by atoms with E-state index in [1.54, 1.807) is 17.6 Å². The largest absolute Gasteiger partial charge is 0.483 e. The number of hydrogen-bond donors (Lipinski definition) is 3. The van der Waals surface area contributed by atoms with Crippen LogP contribution in [-0.2, 0) is 0 Å². The van der Waals surface area contributed by atoms with Gasteiger partial charge in [-0.05, 0) is 32.1 Å². The van der Waals surface area contributed by atoms with E-state index in [9.17, 15) is 9.18 Å². The molecule has 1 spiro atoms. The second kappa shape index (κ2) is 6.98. The van der Waals surface area contributed by atoms with Gasteiger partial charge in [0.25, 0.3) is 5.91 Å². The van der Waals surface area contributed by atoms with E-state index in [2.05, 4.69) is 26.0 Å². The SMILES string of the molecule is CNc1cc(Nc2cc(F)cc3c2OCC2(CC2)O3)nc2c(C(=O)NC3CCC3)cnn12. The minimum Gasteiger partial charge on any atom is -0.483 e. The van der Waals surface area contributed by atoms with Crippen LogP contribution in [0.3, 0.4) is 0 Å². The lowest BCUT2D eigenvalue weighted by atomic mass is 9.93. The minimum atomic E-state index is -0.438. The van der Waals surface area contributed by atoms with E-state index in [4.69, 9.17) is 9.47 Å². The molecular formula is C22H23FN6O3. The number of halogens is 1. The number of nitrogens with zero attached hydrogens (tertiary/aromatic N) is 3. The summed E-state index contributed by atoms with van der Waals surface area (Å²) in [5.41, 5.74) is 0.882. The molecule has 32 heavy (non-hydrogen) atoms. The number of fused-ring (bicyclic) bond motifs is 2. The Bertz CT molecular complexity index is 1230. The van der Waals surface area contributed by atoms with Gasteiger partial charge in [-0.15, -0.1) is 0 Å². The number of rotatable bonds is 5. The molecule has 0 bridgehead atoms. The molecule has 2 fully saturated rings. The molecule has 3 aliphatic rings. The van der Waals surface area contributed by atoms with Crippen LogP contribution >= 0.6 is 0 Å². The number of amides is 1. The first-order valence-electron chi connectivity index (χ1n) is 10.8. The van der Waals surface area contributed by atoms with Crippen molar-refractivity contribution in [3.8, 4) is 11.5 Å². The molecule has 166 valence electrons. The van der Waals surface area contributed by atoms with Crippen molar-refractivity contribution in [3.63, 3.8) is 0 Å². The monoisotopic (exact) mass is 438 g/mol. The van der Waals surface area contributed by atoms with Crippen LogP contribution in [0, 0.1) is 5.82 Å². The van der Waals surface area contributed by atoms with E-state index in [1.807, 2.05) is 0 Å². The molecule has 2 saturated carbocycles. The van der Waals surface area contributed by atoms with Crippen LogP contribution in [0.25, 0.3) is 5.65 Å². The summed E-state index contributed by atoms with van der Waals surface area (Å²) in [4.78, 5) is 17.4. The third-order valence-electron chi connectivity index (χ3n) is 6.31. The quantitative estimate of drug-likeness (QED) is 0.562. The summed E-state index contributed by atoms with van der Waals surface area (Å²) < 4.78 is 27.8. The predicted octanol–water partition coefficient (Wildman–Crippen LogP) is 3.24. The maximum atomic E-state index is 14.3. The number of anilines is 3. The summed E-state index contributed by atoms with van der Waals surface area (Å²) in [6.07, 6.45) is 6.42. The number of benzene rings is 1. The van der Waals surface area contributed by atoms with Crippen LogP contribution < -0.4 is 25.4 Å². The van der Waals surface area contributed by atoms with Crippen molar-refractivity contribution >= 4 is 28.9 Å². The van der Waals surface area contributed by atoms with Crippen LogP contribution in [0.2, 0.25) is 0 Å². The van der Waals surface area contributed by atoms with E-state index in [0.717, 1.165) is 32.1 Å². The summed E-state index contributed by atoms with van der Waals surface area (Å²) in [7, 11) is 1.75. The van der Waals surface area contributed by atoms with Gasteiger partial charge in [0.05, 0.1) is 11.9 Å². The smallest absolute Gasteiger partial charge is 0.256 e. The maximum Gasteiger partial charge on any atom is 0.256 e. The molecule has 3 aromatic rings. The lowest BCUT2D eigenvalue weighted by molar-refractivity contribution is 0.0720. The van der Waals surface area contributed by atoms with Gasteiger partial charge in [-0.1, -0.05) is 0 Å². The number of carbonyl (C=O) groups excluding carboxylic acids is 1. The fourth-order valence-electron chi connectivity index (χ4n) is 4.06. The predicted molar refractivity (Wildman–Crippen MR) is 115 cm³/mol. The molecule has 6 rings (SSSR count). The van der Waals surface area contributed by atoms with E-state index in [0.29, 0.717) is 46.6 Å². The molecule has 0 atom stereocenters. The van der Waals surface area contributed by atoms with Gasteiger partial charge in [-0.2, -0.15) is 9.61 Å². The Morgan fingerprint density at radius 3 is 2.84 bits per heavy atom. The molecule has 1 aliphatic heterocycles. The van der Waals surface area contributed by atoms with Crippen molar-refractivity contribution in [1.29, 1.82) is 0 Å². The zero-order valence-corrected chi connectivity index (χ0v) is 17.6. The highest BCUT2D eigenvalue weighted by atomic mass is 19.1. The minimum absolute atomic E-state index is 0.202. The van der Waals surface area contributed by atoms with Gasteiger partial charge >= 0.3 is 0 Å². The van der Waals surface area contributed by atoms with E-state index >= 15 is 0 Å². The first kappa shape index (κ1) is 19.1. The first-order valence-corrected chi connectivity index (χ1v) is 10.8. The lowest BCUT2D eigenvalue weighted by Gasteiger charge is -2.28. The zero-order valence-electron chi connectivity index (χ0n) is 17.6. The fourth-order valence-corrected chi connectivity index (χ4v) is 4.06. The van der Waals surface area contributed by atoms with E-state index in [1.165, 1.54) is 18.3 Å². The highest BCUT2D eigenvalue weighted by Crippen LogP contribution is 2.50. The van der Waals surface area contributed by atoms with Crippen molar-refractivity contribution in [2.45, 2.75) is 43.7 Å². The molecule has 0 saturated heterocycles. The molecule has 2 aromatic heterocycles. The average molecular weight is 438 g/mol. The third kappa shape index (κ3) is 3.17. The molecule has 0 radical (unpaired) electrons. The highest BCUT2D eigenvalue weighted by molar-refractivity contribution is 6.00. The van der Waals surface area contributed by atoms with Crippen LogP contribution in [0.4, 0.5) is 21.7 Å². The lowest BCUT2D eigenvalue weighted by Crippen LogP contribution is -2.39. The summed E-state index contributed by atoms with van der Waals surface area (Å²) in [6.45, 7) is 0.433. The molecule has 2 aliphatic carbocycles. The zero-order chi connectivity index (χ0) is 21.9. The van der Waals surface area contributed by atoms with E-state index < -0.39 is 5.82 Å². The van der Waals surface area contributed by atoms with Crippen LogP contribution in [0.5, 0.6) is 11.5 Å². The molecule has 9 nitrogen and oxygen atoms in total. The Morgan fingerprint density at radius 1 is 1.28 bits per heavy atom. The summed E-state index contributed by atoms with van der Waals surface area (Å²) in [5, 5.41) is 13.5. The molecular weight excluding hydrogens is 415 g/mol. The third-order valence-corrected chi connectivity index (χ3v) is 6.31. The Balaban J connectivity index is 1.36. The molecule has 0 unspecified atom stereocenters. The topological polar surface area (TPSA) is 102 Å². The van der Waals surface area contributed by atoms with Crippen molar-refractivity contribution in [1.82, 2.24) is 19.9 Å². The molecule has 10 heteroatoms. The van der Waals surface area contributed by atoms with Gasteiger partial charge in [-0.25, -0.2) is 9.37 Å². The van der Waals surface area contributed by atoms with Crippen molar-refractivity contribution in [3.05, 3.63) is 35.8 Å². The van der Waals surface area contributed by atoms with Gasteiger partial charge in [-0.3, -0.25) is 4.79 Å².